The molecule has 1 atom stereocenters. The lowest BCUT2D eigenvalue weighted by molar-refractivity contribution is 0.223. The average Bonchev–Trinajstić information content (AvgIpc) is 2.69. The highest BCUT2D eigenvalue weighted by atomic mass is 16.3. The molecule has 1 unspecified atom stereocenters. The Morgan fingerprint density at radius 3 is 2.65 bits per heavy atom. The summed E-state index contributed by atoms with van der Waals surface area (Å²) >= 11 is 0. The van der Waals surface area contributed by atoms with Crippen LogP contribution in [0, 0.1) is 0 Å². The van der Waals surface area contributed by atoms with Crippen LogP contribution >= 0.6 is 0 Å². The van der Waals surface area contributed by atoms with E-state index in [1.165, 1.54) is 0 Å². The number of urea groups is 1. The minimum Gasteiger partial charge on any atom is -0.468 e. The van der Waals surface area contributed by atoms with Crippen molar-refractivity contribution < 1.29 is 9.21 Å². The zero-order valence-corrected chi connectivity index (χ0v) is 10.9. The van der Waals surface area contributed by atoms with Gasteiger partial charge in [-0.2, -0.15) is 0 Å². The van der Waals surface area contributed by atoms with Gasteiger partial charge >= 0.3 is 6.03 Å². The molecule has 0 aliphatic heterocycles. The van der Waals surface area contributed by atoms with E-state index >= 15 is 0 Å². The van der Waals surface area contributed by atoms with Gasteiger partial charge in [-0.3, -0.25) is 4.90 Å². The van der Waals surface area contributed by atoms with Crippen LogP contribution < -0.4 is 10.6 Å². The second-order valence-corrected chi connectivity index (χ2v) is 4.50. The molecule has 0 saturated carbocycles. The minimum absolute atomic E-state index is 0.0444. The molecular formula is C12H21N3O2. The monoisotopic (exact) mass is 239 g/mol. The molecule has 0 aliphatic rings. The van der Waals surface area contributed by atoms with E-state index in [0.29, 0.717) is 6.54 Å². The maximum atomic E-state index is 11.5. The molecule has 0 aromatic carbocycles. The number of carbonyl (C=O) groups is 1. The Balaban J connectivity index is 2.49. The van der Waals surface area contributed by atoms with Gasteiger partial charge < -0.3 is 15.1 Å². The quantitative estimate of drug-likeness (QED) is 0.820. The van der Waals surface area contributed by atoms with Crippen molar-refractivity contribution in [2.45, 2.75) is 25.9 Å². The SMILES string of the molecule is CC(C)NC(=O)NCC(c1ccco1)N(C)C. The zero-order valence-electron chi connectivity index (χ0n) is 10.9. The van der Waals surface area contributed by atoms with Crippen molar-refractivity contribution in [2.24, 2.45) is 0 Å². The lowest BCUT2D eigenvalue weighted by Crippen LogP contribution is -2.42. The summed E-state index contributed by atoms with van der Waals surface area (Å²) in [7, 11) is 3.91. The smallest absolute Gasteiger partial charge is 0.315 e. The van der Waals surface area contributed by atoms with Gasteiger partial charge in [-0.25, -0.2) is 4.79 Å². The number of hydrogen-bond donors (Lipinski definition) is 2. The number of carbonyl (C=O) groups excluding carboxylic acids is 1. The van der Waals surface area contributed by atoms with E-state index in [9.17, 15) is 4.79 Å². The fourth-order valence-corrected chi connectivity index (χ4v) is 1.52. The summed E-state index contributed by atoms with van der Waals surface area (Å²) in [5, 5.41) is 5.62. The normalized spacial score (nSPS) is 12.8. The third-order valence-corrected chi connectivity index (χ3v) is 2.37. The first-order valence-electron chi connectivity index (χ1n) is 5.75. The van der Waals surface area contributed by atoms with Crippen LogP contribution in [0.15, 0.2) is 22.8 Å². The first-order chi connectivity index (χ1) is 8.00. The average molecular weight is 239 g/mol. The van der Waals surface area contributed by atoms with Crippen molar-refractivity contribution in [1.82, 2.24) is 15.5 Å². The van der Waals surface area contributed by atoms with Gasteiger partial charge in [-0.05, 0) is 40.1 Å². The predicted octanol–water partition coefficient (Wildman–Crippen LogP) is 1.59. The first-order valence-corrected chi connectivity index (χ1v) is 5.75. The topological polar surface area (TPSA) is 57.5 Å². The lowest BCUT2D eigenvalue weighted by Gasteiger charge is -2.23. The summed E-state index contributed by atoms with van der Waals surface area (Å²) in [4.78, 5) is 13.5. The summed E-state index contributed by atoms with van der Waals surface area (Å²) in [5.41, 5.74) is 0. The largest absolute Gasteiger partial charge is 0.468 e. The van der Waals surface area contributed by atoms with E-state index in [4.69, 9.17) is 4.42 Å². The van der Waals surface area contributed by atoms with Crippen LogP contribution in [0.3, 0.4) is 0 Å². The van der Waals surface area contributed by atoms with Gasteiger partial charge in [0.2, 0.25) is 0 Å². The number of rotatable bonds is 5. The number of furan rings is 1. The highest BCUT2D eigenvalue weighted by Gasteiger charge is 2.17. The van der Waals surface area contributed by atoms with Crippen molar-refractivity contribution in [3.63, 3.8) is 0 Å². The van der Waals surface area contributed by atoms with E-state index in [1.54, 1.807) is 6.26 Å². The molecule has 0 spiro atoms. The van der Waals surface area contributed by atoms with Crippen LogP contribution in [0.5, 0.6) is 0 Å². The molecule has 1 heterocycles. The molecule has 1 aromatic rings. The number of nitrogens with one attached hydrogen (secondary N) is 2. The zero-order chi connectivity index (χ0) is 12.8. The van der Waals surface area contributed by atoms with Gasteiger partial charge in [0.1, 0.15) is 5.76 Å². The van der Waals surface area contributed by atoms with Crippen LogP contribution in [0.1, 0.15) is 25.6 Å². The molecule has 1 rings (SSSR count). The molecule has 0 saturated heterocycles. The second-order valence-electron chi connectivity index (χ2n) is 4.50. The number of amides is 2. The predicted molar refractivity (Wildman–Crippen MR) is 66.8 cm³/mol. The standard InChI is InChI=1S/C12H21N3O2/c1-9(2)14-12(16)13-8-10(15(3)4)11-6-5-7-17-11/h5-7,9-10H,8H2,1-4H3,(H2,13,14,16). The molecule has 0 fully saturated rings. The lowest BCUT2D eigenvalue weighted by atomic mass is 10.2. The van der Waals surface area contributed by atoms with Crippen molar-refractivity contribution in [1.29, 1.82) is 0 Å². The Kier molecular flexibility index (Phi) is 5.03. The molecule has 5 nitrogen and oxygen atoms in total. The summed E-state index contributed by atoms with van der Waals surface area (Å²) in [5.74, 6) is 0.847. The summed E-state index contributed by atoms with van der Waals surface area (Å²) in [6.45, 7) is 4.37. The van der Waals surface area contributed by atoms with Crippen molar-refractivity contribution in [2.75, 3.05) is 20.6 Å². The molecule has 5 heteroatoms. The molecule has 1 aromatic heterocycles. The van der Waals surface area contributed by atoms with E-state index in [-0.39, 0.29) is 18.1 Å². The van der Waals surface area contributed by atoms with Crippen LogP contribution in [-0.4, -0.2) is 37.6 Å². The maximum Gasteiger partial charge on any atom is 0.315 e. The number of hydrogen-bond acceptors (Lipinski definition) is 3. The van der Waals surface area contributed by atoms with E-state index in [0.717, 1.165) is 5.76 Å². The van der Waals surface area contributed by atoms with E-state index in [1.807, 2.05) is 45.0 Å². The molecule has 0 bridgehead atoms. The van der Waals surface area contributed by atoms with Gasteiger partial charge in [0.15, 0.2) is 0 Å². The maximum absolute atomic E-state index is 11.5. The Bertz CT molecular complexity index is 334. The van der Waals surface area contributed by atoms with Crippen molar-refractivity contribution in [3.8, 4) is 0 Å². The van der Waals surface area contributed by atoms with Gasteiger partial charge in [-0.15, -0.1) is 0 Å². The Morgan fingerprint density at radius 1 is 1.47 bits per heavy atom. The van der Waals surface area contributed by atoms with Gasteiger partial charge in [0.25, 0.3) is 0 Å². The number of likely N-dealkylation sites (N-methyl/N-ethyl adjacent to an activating group) is 1. The minimum atomic E-state index is -0.154. The van der Waals surface area contributed by atoms with Crippen molar-refractivity contribution >= 4 is 6.03 Å². The highest BCUT2D eigenvalue weighted by Crippen LogP contribution is 2.17. The summed E-state index contributed by atoms with van der Waals surface area (Å²) < 4.78 is 5.36. The Morgan fingerprint density at radius 2 is 2.18 bits per heavy atom. The van der Waals surface area contributed by atoms with Crippen LogP contribution in [0.25, 0.3) is 0 Å². The van der Waals surface area contributed by atoms with E-state index in [2.05, 4.69) is 10.6 Å². The molecular weight excluding hydrogens is 218 g/mol. The Hall–Kier alpha value is -1.49. The highest BCUT2D eigenvalue weighted by molar-refractivity contribution is 5.74. The van der Waals surface area contributed by atoms with E-state index < -0.39 is 0 Å². The Labute approximate surface area is 102 Å². The first kappa shape index (κ1) is 13.6. The molecule has 96 valence electrons. The molecule has 0 aliphatic carbocycles. The summed E-state index contributed by atoms with van der Waals surface area (Å²) in [6, 6.07) is 3.78. The van der Waals surface area contributed by atoms with Gasteiger partial charge in [0, 0.05) is 12.6 Å². The molecule has 2 N–H and O–H groups in total. The molecule has 17 heavy (non-hydrogen) atoms. The third-order valence-electron chi connectivity index (χ3n) is 2.37. The fraction of sp³-hybridized carbons (Fsp3) is 0.583. The molecule has 0 radical (unpaired) electrons. The van der Waals surface area contributed by atoms with Crippen LogP contribution in [-0.2, 0) is 0 Å². The van der Waals surface area contributed by atoms with Gasteiger partial charge in [0.05, 0.1) is 12.3 Å². The van der Waals surface area contributed by atoms with Crippen LogP contribution in [0.4, 0.5) is 4.79 Å². The third kappa shape index (κ3) is 4.48. The van der Waals surface area contributed by atoms with Gasteiger partial charge in [-0.1, -0.05) is 0 Å². The fourth-order valence-electron chi connectivity index (χ4n) is 1.52. The van der Waals surface area contributed by atoms with Crippen LogP contribution in [0.2, 0.25) is 0 Å². The van der Waals surface area contributed by atoms with Crippen molar-refractivity contribution in [3.05, 3.63) is 24.2 Å². The molecule has 2 amide bonds. The second kappa shape index (κ2) is 6.30. The summed E-state index contributed by atoms with van der Waals surface area (Å²) in [6.07, 6.45) is 1.64. The number of nitrogens with zero attached hydrogens (tertiary/aromatic N) is 1.